The van der Waals surface area contributed by atoms with Gasteiger partial charge in [0.1, 0.15) is 5.78 Å². The fourth-order valence-corrected chi connectivity index (χ4v) is 3.18. The SMILES string of the molecule is CC1(C)CC2CCC(=O)C1(C)C2. The van der Waals surface area contributed by atoms with Crippen molar-refractivity contribution in [3.8, 4) is 0 Å². The van der Waals surface area contributed by atoms with Crippen molar-refractivity contribution in [2.45, 2.75) is 46.5 Å². The van der Waals surface area contributed by atoms with E-state index >= 15 is 0 Å². The van der Waals surface area contributed by atoms with Gasteiger partial charge in [0, 0.05) is 11.8 Å². The van der Waals surface area contributed by atoms with E-state index in [1.807, 2.05) is 0 Å². The van der Waals surface area contributed by atoms with Crippen molar-refractivity contribution in [2.75, 3.05) is 0 Å². The van der Waals surface area contributed by atoms with E-state index in [1.165, 1.54) is 6.42 Å². The van der Waals surface area contributed by atoms with Crippen molar-refractivity contribution in [3.63, 3.8) is 0 Å². The average molecular weight is 166 g/mol. The zero-order chi connectivity index (χ0) is 8.98. The lowest BCUT2D eigenvalue weighted by atomic mass is 9.65. The predicted octanol–water partition coefficient (Wildman–Crippen LogP) is 2.79. The second-order valence-electron chi connectivity index (χ2n) is 5.45. The molecule has 68 valence electrons. The van der Waals surface area contributed by atoms with Gasteiger partial charge in [-0.15, -0.1) is 0 Å². The van der Waals surface area contributed by atoms with E-state index in [2.05, 4.69) is 20.8 Å². The van der Waals surface area contributed by atoms with Crippen molar-refractivity contribution in [2.24, 2.45) is 16.7 Å². The molecular weight excluding hydrogens is 148 g/mol. The molecule has 1 heteroatoms. The molecule has 0 aliphatic heterocycles. The Labute approximate surface area is 74.5 Å². The average Bonchev–Trinajstić information content (AvgIpc) is 2.14. The number of Topliss-reactive ketones (excluding diaryl/α,β-unsaturated/α-hetero) is 1. The Morgan fingerprint density at radius 1 is 1.25 bits per heavy atom. The van der Waals surface area contributed by atoms with Crippen molar-refractivity contribution in [1.29, 1.82) is 0 Å². The highest BCUT2D eigenvalue weighted by atomic mass is 16.1. The molecule has 12 heavy (non-hydrogen) atoms. The van der Waals surface area contributed by atoms with Crippen LogP contribution in [0.2, 0.25) is 0 Å². The first-order chi connectivity index (χ1) is 5.46. The normalized spacial score (nSPS) is 44.9. The topological polar surface area (TPSA) is 17.1 Å². The summed E-state index contributed by atoms with van der Waals surface area (Å²) in [5, 5.41) is 0. The van der Waals surface area contributed by atoms with Gasteiger partial charge in [0.2, 0.25) is 0 Å². The summed E-state index contributed by atoms with van der Waals surface area (Å²) >= 11 is 0. The third kappa shape index (κ3) is 0.826. The van der Waals surface area contributed by atoms with Crippen LogP contribution in [-0.2, 0) is 4.79 Å². The lowest BCUT2D eigenvalue weighted by molar-refractivity contribution is -0.133. The van der Waals surface area contributed by atoms with Crippen LogP contribution in [0.3, 0.4) is 0 Å². The molecule has 2 unspecified atom stereocenters. The van der Waals surface area contributed by atoms with Crippen LogP contribution >= 0.6 is 0 Å². The van der Waals surface area contributed by atoms with Gasteiger partial charge in [-0.25, -0.2) is 0 Å². The minimum Gasteiger partial charge on any atom is -0.299 e. The first-order valence-corrected chi connectivity index (χ1v) is 4.99. The molecule has 0 aromatic carbocycles. The summed E-state index contributed by atoms with van der Waals surface area (Å²) in [5.74, 6) is 1.35. The maximum absolute atomic E-state index is 11.8. The van der Waals surface area contributed by atoms with Gasteiger partial charge in [0.25, 0.3) is 0 Å². The van der Waals surface area contributed by atoms with Gasteiger partial charge >= 0.3 is 0 Å². The standard InChI is InChI=1S/C11H18O/c1-10(2)6-8-4-5-9(12)11(10,3)7-8/h8H,4-7H2,1-3H3. The van der Waals surface area contributed by atoms with E-state index in [4.69, 9.17) is 0 Å². The fourth-order valence-electron chi connectivity index (χ4n) is 3.18. The van der Waals surface area contributed by atoms with Crippen LogP contribution in [0.5, 0.6) is 0 Å². The van der Waals surface area contributed by atoms with Crippen molar-refractivity contribution in [1.82, 2.24) is 0 Å². The fraction of sp³-hybridized carbons (Fsp3) is 0.909. The maximum atomic E-state index is 11.8. The van der Waals surface area contributed by atoms with Crippen LogP contribution in [0.1, 0.15) is 46.5 Å². The van der Waals surface area contributed by atoms with Crippen LogP contribution < -0.4 is 0 Å². The van der Waals surface area contributed by atoms with Crippen LogP contribution in [0.15, 0.2) is 0 Å². The summed E-state index contributed by atoms with van der Waals surface area (Å²) < 4.78 is 0. The molecule has 1 nitrogen and oxygen atoms in total. The molecule has 0 heterocycles. The van der Waals surface area contributed by atoms with Gasteiger partial charge in [0.05, 0.1) is 0 Å². The number of fused-ring (bicyclic) bond motifs is 2. The van der Waals surface area contributed by atoms with Gasteiger partial charge in [-0.05, 0) is 30.6 Å². The third-order valence-corrected chi connectivity index (χ3v) is 4.38. The molecule has 0 spiro atoms. The number of carbonyl (C=O) groups is 1. The smallest absolute Gasteiger partial charge is 0.139 e. The zero-order valence-corrected chi connectivity index (χ0v) is 8.31. The van der Waals surface area contributed by atoms with Crippen LogP contribution in [0.4, 0.5) is 0 Å². The lowest BCUT2D eigenvalue weighted by Gasteiger charge is -2.37. The minimum atomic E-state index is 0.00984. The summed E-state index contributed by atoms with van der Waals surface area (Å²) in [6.07, 6.45) is 4.40. The van der Waals surface area contributed by atoms with Gasteiger partial charge in [-0.2, -0.15) is 0 Å². The van der Waals surface area contributed by atoms with E-state index in [0.29, 0.717) is 5.78 Å². The molecule has 0 saturated heterocycles. The maximum Gasteiger partial charge on any atom is 0.139 e. The minimum absolute atomic E-state index is 0.00984. The number of rotatable bonds is 0. The lowest BCUT2D eigenvalue weighted by Crippen LogP contribution is -2.38. The zero-order valence-electron chi connectivity index (χ0n) is 8.31. The first kappa shape index (κ1) is 8.28. The monoisotopic (exact) mass is 166 g/mol. The molecule has 0 aromatic rings. The Morgan fingerprint density at radius 2 is 1.92 bits per heavy atom. The van der Waals surface area contributed by atoms with Gasteiger partial charge in [-0.3, -0.25) is 4.79 Å². The molecule has 2 rings (SSSR count). The van der Waals surface area contributed by atoms with Crippen molar-refractivity contribution in [3.05, 3.63) is 0 Å². The van der Waals surface area contributed by atoms with E-state index in [-0.39, 0.29) is 10.8 Å². The Kier molecular flexibility index (Phi) is 1.47. The molecular formula is C11H18O. The predicted molar refractivity (Wildman–Crippen MR) is 48.9 cm³/mol. The Bertz CT molecular complexity index is 229. The van der Waals surface area contributed by atoms with Crippen LogP contribution in [0.25, 0.3) is 0 Å². The molecule has 2 aliphatic carbocycles. The van der Waals surface area contributed by atoms with Gasteiger partial charge in [-0.1, -0.05) is 20.8 Å². The molecule has 0 amide bonds. The highest BCUT2D eigenvalue weighted by Gasteiger charge is 2.55. The summed E-state index contributed by atoms with van der Waals surface area (Å²) in [5.41, 5.74) is 0.265. The molecule has 2 fully saturated rings. The first-order valence-electron chi connectivity index (χ1n) is 4.99. The van der Waals surface area contributed by atoms with Crippen molar-refractivity contribution < 1.29 is 4.79 Å². The second-order valence-corrected chi connectivity index (χ2v) is 5.45. The molecule has 0 radical (unpaired) electrons. The van der Waals surface area contributed by atoms with Crippen LogP contribution in [-0.4, -0.2) is 5.78 Å². The number of hydrogen-bond donors (Lipinski definition) is 0. The van der Waals surface area contributed by atoms with E-state index < -0.39 is 0 Å². The summed E-state index contributed by atoms with van der Waals surface area (Å²) in [7, 11) is 0. The number of hydrogen-bond acceptors (Lipinski definition) is 1. The number of carbonyl (C=O) groups excluding carboxylic acids is 1. The largest absolute Gasteiger partial charge is 0.299 e. The molecule has 2 saturated carbocycles. The Morgan fingerprint density at radius 3 is 2.50 bits per heavy atom. The van der Waals surface area contributed by atoms with Crippen molar-refractivity contribution >= 4 is 5.78 Å². The highest BCUT2D eigenvalue weighted by molar-refractivity contribution is 5.86. The molecule has 0 aromatic heterocycles. The van der Waals surface area contributed by atoms with Crippen LogP contribution in [0, 0.1) is 16.7 Å². The van der Waals surface area contributed by atoms with E-state index in [9.17, 15) is 4.79 Å². The highest BCUT2D eigenvalue weighted by Crippen LogP contribution is 2.59. The molecule has 2 bridgehead atoms. The Hall–Kier alpha value is -0.330. The molecule has 0 N–H and O–H groups in total. The quantitative estimate of drug-likeness (QED) is 0.541. The molecule has 2 aliphatic rings. The van der Waals surface area contributed by atoms with E-state index in [0.717, 1.165) is 25.2 Å². The third-order valence-electron chi connectivity index (χ3n) is 4.38. The summed E-state index contributed by atoms with van der Waals surface area (Å²) in [6.45, 7) is 6.70. The number of ketones is 1. The summed E-state index contributed by atoms with van der Waals surface area (Å²) in [6, 6.07) is 0. The van der Waals surface area contributed by atoms with Gasteiger partial charge in [0.15, 0.2) is 0 Å². The molecule has 2 atom stereocenters. The van der Waals surface area contributed by atoms with Gasteiger partial charge < -0.3 is 0 Å². The van der Waals surface area contributed by atoms with E-state index in [1.54, 1.807) is 0 Å². The summed E-state index contributed by atoms with van der Waals surface area (Å²) in [4.78, 5) is 11.8. The second kappa shape index (κ2) is 2.12. The Balaban J connectivity index is 2.40.